The number of rotatable bonds is 12. The number of carbonyl (C=O) groups excluding carboxylic acids is 2. The molecular weight excluding hydrogens is 444 g/mol. The first-order chi connectivity index (χ1) is 16.4. The van der Waals surface area contributed by atoms with E-state index in [4.69, 9.17) is 9.47 Å². The van der Waals surface area contributed by atoms with Crippen molar-refractivity contribution < 1.29 is 19.1 Å². The zero-order valence-electron chi connectivity index (χ0n) is 20.1. The fourth-order valence-corrected chi connectivity index (χ4v) is 3.93. The topological polar surface area (TPSA) is 52.6 Å². The molecule has 0 bridgehead atoms. The minimum atomic E-state index is -0.443. The van der Waals surface area contributed by atoms with Crippen molar-refractivity contribution in [3.8, 4) is 0 Å². The van der Waals surface area contributed by atoms with E-state index >= 15 is 0 Å². The van der Waals surface area contributed by atoms with E-state index in [2.05, 4.69) is 24.3 Å². The van der Waals surface area contributed by atoms with Gasteiger partial charge in [0.05, 0.1) is 18.6 Å². The number of benzene rings is 3. The molecule has 0 saturated heterocycles. The molecule has 0 spiro atoms. The van der Waals surface area contributed by atoms with Gasteiger partial charge in [0.25, 0.3) is 0 Å². The largest absolute Gasteiger partial charge is 0.463 e. The number of ether oxygens (including phenoxy) is 2. The minimum absolute atomic E-state index is 0.0340. The zero-order chi connectivity index (χ0) is 24.4. The molecule has 0 heterocycles. The lowest BCUT2D eigenvalue weighted by molar-refractivity contribution is -0.155. The molecule has 3 aromatic rings. The van der Waals surface area contributed by atoms with Crippen molar-refractivity contribution in [2.75, 3.05) is 19.8 Å². The Kier molecular flexibility index (Phi) is 9.49. The molecule has 3 rings (SSSR count). The molecular formula is C29H32O4S. The summed E-state index contributed by atoms with van der Waals surface area (Å²) in [5.41, 5.74) is 2.14. The molecule has 34 heavy (non-hydrogen) atoms. The first kappa shape index (κ1) is 25.7. The first-order valence-electron chi connectivity index (χ1n) is 11.6. The van der Waals surface area contributed by atoms with E-state index in [-0.39, 0.29) is 18.4 Å². The van der Waals surface area contributed by atoms with Gasteiger partial charge in [-0.05, 0) is 68.7 Å². The second-order valence-corrected chi connectivity index (χ2v) is 9.85. The van der Waals surface area contributed by atoms with Crippen LogP contribution in [0.2, 0.25) is 0 Å². The summed E-state index contributed by atoms with van der Waals surface area (Å²) in [6, 6.07) is 25.4. The van der Waals surface area contributed by atoms with Gasteiger partial charge < -0.3 is 9.47 Å². The van der Waals surface area contributed by atoms with Crippen LogP contribution in [0.5, 0.6) is 0 Å². The monoisotopic (exact) mass is 476 g/mol. The summed E-state index contributed by atoms with van der Waals surface area (Å²) in [6.07, 6.45) is 1.55. The second kappa shape index (κ2) is 12.5. The third kappa shape index (κ3) is 7.57. The van der Waals surface area contributed by atoms with E-state index < -0.39 is 5.41 Å². The van der Waals surface area contributed by atoms with Crippen LogP contribution >= 0.6 is 11.8 Å². The predicted molar refractivity (Wildman–Crippen MR) is 136 cm³/mol. The van der Waals surface area contributed by atoms with E-state index in [1.807, 2.05) is 75.4 Å². The Morgan fingerprint density at radius 1 is 0.765 bits per heavy atom. The molecule has 0 aromatic heterocycles. The molecule has 0 atom stereocenters. The van der Waals surface area contributed by atoms with Gasteiger partial charge in [0.1, 0.15) is 6.61 Å². The lowest BCUT2D eigenvalue weighted by Gasteiger charge is -2.20. The zero-order valence-corrected chi connectivity index (χ0v) is 20.9. The fraction of sp³-hybridized carbons (Fsp3) is 0.310. The highest BCUT2D eigenvalue weighted by Crippen LogP contribution is 2.28. The van der Waals surface area contributed by atoms with E-state index in [0.29, 0.717) is 24.3 Å². The summed E-state index contributed by atoms with van der Waals surface area (Å²) in [7, 11) is 0. The molecule has 178 valence electrons. The summed E-state index contributed by atoms with van der Waals surface area (Å²) in [4.78, 5) is 26.7. The normalized spacial score (nSPS) is 11.3. The molecule has 0 radical (unpaired) electrons. The summed E-state index contributed by atoms with van der Waals surface area (Å²) in [5.74, 6) is -0.143. The molecule has 4 nitrogen and oxygen atoms in total. The standard InChI is InChI=1S/C29H32O4S/c1-4-29(2,3)28(31)33-21-20-32-19-18-22-10-14-25(15-11-22)34-26-16-12-24(13-17-26)27(30)23-8-6-5-7-9-23/h5-17H,4,18-21H2,1-3H3. The Morgan fingerprint density at radius 2 is 1.35 bits per heavy atom. The Bertz CT molecular complexity index is 1060. The lowest BCUT2D eigenvalue weighted by Crippen LogP contribution is -2.27. The van der Waals surface area contributed by atoms with E-state index in [1.165, 1.54) is 5.56 Å². The van der Waals surface area contributed by atoms with Crippen molar-refractivity contribution in [1.82, 2.24) is 0 Å². The van der Waals surface area contributed by atoms with Crippen LogP contribution in [0.3, 0.4) is 0 Å². The number of hydrogen-bond acceptors (Lipinski definition) is 5. The Morgan fingerprint density at radius 3 is 1.97 bits per heavy atom. The molecule has 3 aromatic carbocycles. The second-order valence-electron chi connectivity index (χ2n) is 8.70. The van der Waals surface area contributed by atoms with Crippen molar-refractivity contribution >= 4 is 23.5 Å². The number of esters is 1. The molecule has 0 aliphatic rings. The van der Waals surface area contributed by atoms with Crippen LogP contribution in [-0.2, 0) is 20.7 Å². The maximum absolute atomic E-state index is 12.5. The van der Waals surface area contributed by atoms with Crippen LogP contribution in [0.1, 0.15) is 48.7 Å². The van der Waals surface area contributed by atoms with Crippen LogP contribution < -0.4 is 0 Å². The molecule has 0 fully saturated rings. The molecule has 0 aliphatic heterocycles. The Hall–Kier alpha value is -2.89. The van der Waals surface area contributed by atoms with Crippen LogP contribution in [0.25, 0.3) is 0 Å². The SMILES string of the molecule is CCC(C)(C)C(=O)OCCOCCc1ccc(Sc2ccc(C(=O)c3ccccc3)cc2)cc1. The summed E-state index contributed by atoms with van der Waals surface area (Å²) >= 11 is 1.66. The number of ketones is 1. The van der Waals surface area contributed by atoms with Crippen LogP contribution in [0.15, 0.2) is 88.7 Å². The van der Waals surface area contributed by atoms with Gasteiger partial charge in [-0.2, -0.15) is 0 Å². The van der Waals surface area contributed by atoms with Gasteiger partial charge in [0.15, 0.2) is 5.78 Å². The first-order valence-corrected chi connectivity index (χ1v) is 12.4. The molecule has 0 amide bonds. The van der Waals surface area contributed by atoms with Gasteiger partial charge >= 0.3 is 5.97 Å². The molecule has 0 aliphatic carbocycles. The Labute approximate surface area is 206 Å². The van der Waals surface area contributed by atoms with Gasteiger partial charge in [0, 0.05) is 20.9 Å². The van der Waals surface area contributed by atoms with E-state index in [9.17, 15) is 9.59 Å². The lowest BCUT2D eigenvalue weighted by atomic mass is 9.91. The van der Waals surface area contributed by atoms with Gasteiger partial charge in [-0.3, -0.25) is 9.59 Å². The molecule has 0 saturated carbocycles. The highest BCUT2D eigenvalue weighted by atomic mass is 32.2. The van der Waals surface area contributed by atoms with Crippen molar-refractivity contribution in [3.63, 3.8) is 0 Å². The van der Waals surface area contributed by atoms with E-state index in [1.54, 1.807) is 11.8 Å². The molecule has 0 N–H and O–H groups in total. The third-order valence-electron chi connectivity index (χ3n) is 5.74. The average molecular weight is 477 g/mol. The van der Waals surface area contributed by atoms with Gasteiger partial charge in [-0.25, -0.2) is 0 Å². The van der Waals surface area contributed by atoms with Gasteiger partial charge in [0.2, 0.25) is 0 Å². The van der Waals surface area contributed by atoms with Crippen molar-refractivity contribution in [2.24, 2.45) is 5.41 Å². The quantitative estimate of drug-likeness (QED) is 0.167. The Balaban J connectivity index is 1.40. The maximum atomic E-state index is 12.5. The smallest absolute Gasteiger partial charge is 0.311 e. The maximum Gasteiger partial charge on any atom is 0.311 e. The van der Waals surface area contributed by atoms with Crippen molar-refractivity contribution in [2.45, 2.75) is 43.4 Å². The van der Waals surface area contributed by atoms with E-state index in [0.717, 1.165) is 22.6 Å². The highest BCUT2D eigenvalue weighted by Gasteiger charge is 2.26. The van der Waals surface area contributed by atoms with Crippen molar-refractivity contribution in [1.29, 1.82) is 0 Å². The minimum Gasteiger partial charge on any atom is -0.463 e. The summed E-state index contributed by atoms with van der Waals surface area (Å²) in [6.45, 7) is 7.03. The van der Waals surface area contributed by atoms with Crippen LogP contribution in [0.4, 0.5) is 0 Å². The average Bonchev–Trinajstić information content (AvgIpc) is 2.87. The third-order valence-corrected chi connectivity index (χ3v) is 6.76. The van der Waals surface area contributed by atoms with Gasteiger partial charge in [-0.15, -0.1) is 0 Å². The number of carbonyl (C=O) groups is 2. The van der Waals surface area contributed by atoms with Crippen LogP contribution in [-0.4, -0.2) is 31.6 Å². The number of hydrogen-bond donors (Lipinski definition) is 0. The molecule has 5 heteroatoms. The summed E-state index contributed by atoms with van der Waals surface area (Å²) in [5, 5.41) is 0. The molecule has 0 unspecified atom stereocenters. The highest BCUT2D eigenvalue weighted by molar-refractivity contribution is 7.99. The van der Waals surface area contributed by atoms with Gasteiger partial charge in [-0.1, -0.05) is 61.2 Å². The van der Waals surface area contributed by atoms with Crippen LogP contribution in [0, 0.1) is 5.41 Å². The van der Waals surface area contributed by atoms with Crippen molar-refractivity contribution in [3.05, 3.63) is 95.6 Å². The summed E-state index contributed by atoms with van der Waals surface area (Å²) < 4.78 is 10.9. The predicted octanol–water partition coefficient (Wildman–Crippen LogP) is 6.61. The fourth-order valence-electron chi connectivity index (χ4n) is 3.12.